The van der Waals surface area contributed by atoms with Gasteiger partial charge in [0.2, 0.25) is 0 Å². The number of carbonyl (C=O) groups is 2. The van der Waals surface area contributed by atoms with Crippen molar-refractivity contribution in [1.29, 1.82) is 0 Å². The molecule has 2 aliphatic heterocycles. The summed E-state index contributed by atoms with van der Waals surface area (Å²) in [7, 11) is 3.58. The van der Waals surface area contributed by atoms with Gasteiger partial charge in [0.05, 0.1) is 20.3 Å². The van der Waals surface area contributed by atoms with E-state index >= 15 is 0 Å². The van der Waals surface area contributed by atoms with Crippen LogP contribution in [-0.4, -0.2) is 80.9 Å². The maximum atomic E-state index is 10.9. The van der Waals surface area contributed by atoms with Gasteiger partial charge in [0, 0.05) is 0 Å². The summed E-state index contributed by atoms with van der Waals surface area (Å²) >= 11 is 0. The van der Waals surface area contributed by atoms with Crippen molar-refractivity contribution >= 4 is 33.4 Å². The molecule has 0 saturated carbocycles. The number of nitrogens with zero attached hydrogens (tertiary/aromatic N) is 1. The Morgan fingerprint density at radius 1 is 1.03 bits per heavy atom. The normalized spacial score (nSPS) is 16.7. The average molecular weight is 589 g/mol. The molecule has 2 aliphatic rings. The summed E-state index contributed by atoms with van der Waals surface area (Å²) in [6, 6.07) is -0.424. The zero-order chi connectivity index (χ0) is 20.4. The SMILES string of the molecule is COC(=O)C1CCCN1.COC(=O)C1CCCN1[C-]=O.O=[C-]O.[CH2-]PC.[CH3-].[CH3-].[CH3-].[V+2].[V+2].[V+2]. The number of amides is 1. The van der Waals surface area contributed by atoms with E-state index in [1.165, 1.54) is 19.1 Å². The topological polar surface area (TPSA) is 122 Å². The summed E-state index contributed by atoms with van der Waals surface area (Å²) in [5.74, 6) is -0.474. The number of esters is 2. The Kier molecular flexibility index (Phi) is 63.9. The van der Waals surface area contributed by atoms with E-state index in [0.717, 1.165) is 34.4 Å². The molecule has 0 bridgehead atoms. The number of rotatable bonds is 3. The van der Waals surface area contributed by atoms with E-state index in [4.69, 9.17) is 9.90 Å². The van der Waals surface area contributed by atoms with Crippen LogP contribution in [0.5, 0.6) is 0 Å². The predicted octanol–water partition coefficient (Wildman–Crippen LogP) is 1.64. The van der Waals surface area contributed by atoms with E-state index in [0.29, 0.717) is 19.4 Å². The van der Waals surface area contributed by atoms with Crippen LogP contribution in [0.1, 0.15) is 25.7 Å². The largest absolute Gasteiger partial charge is 2.00 e. The number of hydrogen-bond acceptors (Lipinski definition) is 7. The molecule has 0 aromatic rings. The van der Waals surface area contributed by atoms with Crippen molar-refractivity contribution in [2.45, 2.75) is 37.8 Å². The maximum Gasteiger partial charge on any atom is 2.00 e. The van der Waals surface area contributed by atoms with Gasteiger partial charge in [-0.1, -0.05) is 13.1 Å². The van der Waals surface area contributed by atoms with Gasteiger partial charge in [-0.15, -0.1) is 0 Å². The fraction of sp³-hybridized carbons (Fsp3) is 0.579. The van der Waals surface area contributed by atoms with Gasteiger partial charge in [-0.05, 0) is 38.8 Å². The van der Waals surface area contributed by atoms with E-state index in [1.54, 1.807) is 6.41 Å². The Hall–Kier alpha value is 0.0232. The van der Waals surface area contributed by atoms with Gasteiger partial charge >= 0.3 is 67.6 Å². The van der Waals surface area contributed by atoms with Crippen LogP contribution in [-0.2, 0) is 84.3 Å². The van der Waals surface area contributed by atoms with Crippen molar-refractivity contribution in [3.05, 3.63) is 28.9 Å². The molecule has 2 rings (SSSR count). The van der Waals surface area contributed by atoms with Gasteiger partial charge in [-0.3, -0.25) is 13.4 Å². The van der Waals surface area contributed by atoms with Gasteiger partial charge < -0.3 is 63.3 Å². The first-order chi connectivity index (χ1) is 12.5. The second kappa shape index (κ2) is 38.3. The molecule has 2 saturated heterocycles. The Bertz CT molecular complexity index is 420. The zero-order valence-corrected chi connectivity index (χ0v) is 25.0. The van der Waals surface area contributed by atoms with Gasteiger partial charge in [-0.25, -0.2) is 4.79 Å². The number of likely N-dealkylation sites (tertiary alicyclic amines) is 1. The molecule has 1 amide bonds. The third-order valence-electron chi connectivity index (χ3n) is 3.39. The molecule has 2 N–H and O–H groups in total. The number of ether oxygens (including phenoxy) is 2. The minimum Gasteiger partial charge on any atom is -0.665 e. The Morgan fingerprint density at radius 2 is 1.47 bits per heavy atom. The molecular formula is C19H37N2O7PV3. The molecule has 3 unspecified atom stereocenters. The van der Waals surface area contributed by atoms with Crippen molar-refractivity contribution in [2.24, 2.45) is 0 Å². The molecule has 9 nitrogen and oxygen atoms in total. The Morgan fingerprint density at radius 3 is 1.78 bits per heavy atom. The van der Waals surface area contributed by atoms with E-state index in [9.17, 15) is 14.4 Å². The van der Waals surface area contributed by atoms with Crippen LogP contribution in [0.2, 0.25) is 0 Å². The van der Waals surface area contributed by atoms with E-state index in [1.807, 2.05) is 6.66 Å². The van der Waals surface area contributed by atoms with Crippen LogP contribution in [0.15, 0.2) is 0 Å². The maximum absolute atomic E-state index is 10.9. The summed E-state index contributed by atoms with van der Waals surface area (Å²) < 4.78 is 9.04. The average Bonchev–Trinajstić information content (AvgIpc) is 3.33. The fourth-order valence-electron chi connectivity index (χ4n) is 2.29. The van der Waals surface area contributed by atoms with E-state index in [-0.39, 0.29) is 95.9 Å². The molecule has 3 atom stereocenters. The molecule has 0 aliphatic carbocycles. The molecule has 0 aromatic carbocycles. The summed E-state index contributed by atoms with van der Waals surface area (Å²) in [6.07, 6.45) is 5.27. The molecule has 185 valence electrons. The molecule has 0 spiro atoms. The Labute approximate surface area is 232 Å². The van der Waals surface area contributed by atoms with Crippen molar-refractivity contribution in [1.82, 2.24) is 10.2 Å². The first kappa shape index (κ1) is 53.4. The van der Waals surface area contributed by atoms with Crippen LogP contribution < -0.4 is 5.32 Å². The molecule has 13 heteroatoms. The smallest absolute Gasteiger partial charge is 0.665 e. The molecule has 2 heterocycles. The quantitative estimate of drug-likeness (QED) is 0.290. The fourth-order valence-corrected chi connectivity index (χ4v) is 2.29. The summed E-state index contributed by atoms with van der Waals surface area (Å²) in [5.41, 5.74) is 0. The van der Waals surface area contributed by atoms with Crippen LogP contribution in [0.3, 0.4) is 0 Å². The number of nitrogens with one attached hydrogen (secondary N) is 1. The van der Waals surface area contributed by atoms with Crippen molar-refractivity contribution in [3.8, 4) is 0 Å². The Balaban J connectivity index is -0.0000000421. The molecule has 32 heavy (non-hydrogen) atoms. The number of aliphatic hydroxyl groups excluding tert-OH is 1. The van der Waals surface area contributed by atoms with Crippen molar-refractivity contribution in [2.75, 3.05) is 34.0 Å². The third-order valence-corrected chi connectivity index (χ3v) is 3.39. The second-order valence-electron chi connectivity index (χ2n) is 5.08. The van der Waals surface area contributed by atoms with Gasteiger partial charge in [-0.2, -0.15) is 6.41 Å². The first-order valence-corrected chi connectivity index (χ1v) is 9.66. The van der Waals surface area contributed by atoms with Crippen LogP contribution >= 0.6 is 8.58 Å². The minimum absolute atomic E-state index is 0. The molecule has 0 aromatic heterocycles. The standard InChI is InChI=1S/C7H10NO3.C6H11NO2.C2H6P.CHO2.3CH3.3V/c1-11-7(10)6-3-2-4-8(6)5-9;1-9-6(8)5-3-2-4-7-5;1-3-2;2-1-3;;;;;;/h6H,2-4H2,1H3;5,7H,2-4H2,1H3;3H,1H2,2H3;(H,2,3);3*1H3;;;/q-1;;5*-1;3*+2. The number of hydrogen-bond donors (Lipinski definition) is 2. The summed E-state index contributed by atoms with van der Waals surface area (Å²) in [4.78, 5) is 41.5. The van der Waals surface area contributed by atoms with Crippen molar-refractivity contribution in [3.63, 3.8) is 0 Å². The minimum atomic E-state index is -0.391. The zero-order valence-electron chi connectivity index (χ0n) is 19.8. The molecular weight excluding hydrogens is 552 g/mol. The monoisotopic (exact) mass is 589 g/mol. The molecule has 2 fully saturated rings. The third kappa shape index (κ3) is 26.3. The predicted molar refractivity (Wildman–Crippen MR) is 118 cm³/mol. The summed E-state index contributed by atoms with van der Waals surface area (Å²) in [5, 5.41) is 9.80. The van der Waals surface area contributed by atoms with Gasteiger partial charge in [0.15, 0.2) is 0 Å². The van der Waals surface area contributed by atoms with E-state index in [2.05, 4.69) is 21.5 Å². The van der Waals surface area contributed by atoms with Crippen molar-refractivity contribution < 1.29 is 89.4 Å². The van der Waals surface area contributed by atoms with Crippen LogP contribution in [0.25, 0.3) is 0 Å². The van der Waals surface area contributed by atoms with Gasteiger partial charge in [0.25, 0.3) is 0 Å². The second-order valence-corrected chi connectivity index (χ2v) is 5.79. The number of methoxy groups -OCH3 is 2. The number of carbonyl (C=O) groups excluding carboxylic acids is 3. The molecule has 3 radical (unpaired) electrons. The summed E-state index contributed by atoms with van der Waals surface area (Å²) in [6.45, 7) is 7.61. The first-order valence-electron chi connectivity index (χ1n) is 7.95. The van der Waals surface area contributed by atoms with Crippen LogP contribution in [0, 0.1) is 28.9 Å². The van der Waals surface area contributed by atoms with E-state index < -0.39 is 6.04 Å². The van der Waals surface area contributed by atoms with Crippen LogP contribution in [0.4, 0.5) is 0 Å². The van der Waals surface area contributed by atoms with Gasteiger partial charge in [0.1, 0.15) is 6.04 Å².